The van der Waals surface area contributed by atoms with Crippen molar-refractivity contribution in [1.29, 1.82) is 0 Å². The van der Waals surface area contributed by atoms with Crippen LogP contribution in [0.25, 0.3) is 10.3 Å². The summed E-state index contributed by atoms with van der Waals surface area (Å²) in [5.41, 5.74) is 0.825. The van der Waals surface area contributed by atoms with Gasteiger partial charge in [-0.15, -0.1) is 0 Å². The number of aromatic nitrogens is 3. The minimum atomic E-state index is 0.439. The highest BCUT2D eigenvalue weighted by molar-refractivity contribution is 7.71. The van der Waals surface area contributed by atoms with Crippen LogP contribution in [0.3, 0.4) is 0 Å². The Bertz CT molecular complexity index is 483. The van der Waals surface area contributed by atoms with Crippen molar-refractivity contribution in [3.8, 4) is 0 Å². The molecular formula is C8H9N3S2. The van der Waals surface area contributed by atoms with E-state index in [1.165, 1.54) is 0 Å². The number of fused-ring (bicyclic) bond motifs is 1. The van der Waals surface area contributed by atoms with E-state index in [9.17, 15) is 0 Å². The van der Waals surface area contributed by atoms with Crippen LogP contribution in [0, 0.1) is 4.64 Å². The molecule has 0 fully saturated rings. The summed E-state index contributed by atoms with van der Waals surface area (Å²) >= 11 is 6.71. The van der Waals surface area contributed by atoms with Crippen LogP contribution >= 0.6 is 23.6 Å². The first kappa shape index (κ1) is 8.77. The summed E-state index contributed by atoms with van der Waals surface area (Å²) in [5, 5.41) is 1.09. The van der Waals surface area contributed by atoms with Gasteiger partial charge in [-0.25, -0.2) is 9.97 Å². The SMILES string of the molecule is CC(C)c1nc2c(=S)[nH]cnc2s1. The van der Waals surface area contributed by atoms with Gasteiger partial charge in [0.05, 0.1) is 11.3 Å². The maximum atomic E-state index is 5.10. The monoisotopic (exact) mass is 211 g/mol. The molecule has 0 unspecified atom stereocenters. The molecular weight excluding hydrogens is 202 g/mol. The molecule has 0 spiro atoms. The van der Waals surface area contributed by atoms with Crippen molar-refractivity contribution >= 4 is 33.9 Å². The zero-order valence-electron chi connectivity index (χ0n) is 7.37. The fraction of sp³-hybridized carbons (Fsp3) is 0.375. The average Bonchev–Trinajstić information content (AvgIpc) is 2.49. The van der Waals surface area contributed by atoms with Crippen LogP contribution in [0.1, 0.15) is 24.8 Å². The topological polar surface area (TPSA) is 41.6 Å². The fourth-order valence-electron chi connectivity index (χ4n) is 1.03. The minimum Gasteiger partial charge on any atom is -0.336 e. The second-order valence-corrected chi connectivity index (χ2v) is 4.51. The lowest BCUT2D eigenvalue weighted by Crippen LogP contribution is -1.84. The van der Waals surface area contributed by atoms with Crippen LogP contribution < -0.4 is 0 Å². The Hall–Kier alpha value is -0.810. The third-order valence-electron chi connectivity index (χ3n) is 1.71. The number of hydrogen-bond acceptors (Lipinski definition) is 4. The number of nitrogens with one attached hydrogen (secondary N) is 1. The Balaban J connectivity index is 2.76. The zero-order chi connectivity index (χ0) is 9.42. The molecule has 2 aromatic rings. The third kappa shape index (κ3) is 1.49. The second-order valence-electron chi connectivity index (χ2n) is 3.09. The molecule has 0 aromatic carbocycles. The predicted octanol–water partition coefficient (Wildman–Crippen LogP) is 2.87. The molecule has 0 atom stereocenters. The van der Waals surface area contributed by atoms with Gasteiger partial charge in [0.25, 0.3) is 0 Å². The maximum Gasteiger partial charge on any atom is 0.148 e. The Labute approximate surface area is 84.9 Å². The van der Waals surface area contributed by atoms with Gasteiger partial charge in [-0.3, -0.25) is 0 Å². The highest BCUT2D eigenvalue weighted by atomic mass is 32.1. The molecule has 2 rings (SSSR count). The average molecular weight is 211 g/mol. The van der Waals surface area contributed by atoms with E-state index in [-0.39, 0.29) is 0 Å². The summed E-state index contributed by atoms with van der Waals surface area (Å²) in [6, 6.07) is 0. The van der Waals surface area contributed by atoms with E-state index in [1.807, 2.05) is 0 Å². The minimum absolute atomic E-state index is 0.439. The molecule has 5 heteroatoms. The number of H-pyrrole nitrogens is 1. The molecule has 0 bridgehead atoms. The highest BCUT2D eigenvalue weighted by Gasteiger charge is 2.08. The van der Waals surface area contributed by atoms with E-state index in [1.54, 1.807) is 17.7 Å². The highest BCUT2D eigenvalue weighted by Crippen LogP contribution is 2.25. The van der Waals surface area contributed by atoms with Gasteiger partial charge < -0.3 is 4.98 Å². The van der Waals surface area contributed by atoms with Crippen molar-refractivity contribution in [3.05, 3.63) is 16.0 Å². The summed E-state index contributed by atoms with van der Waals surface area (Å²) in [7, 11) is 0. The van der Waals surface area contributed by atoms with Crippen molar-refractivity contribution in [2.45, 2.75) is 19.8 Å². The first-order chi connectivity index (χ1) is 6.18. The van der Waals surface area contributed by atoms with E-state index in [0.717, 1.165) is 15.4 Å². The molecule has 0 radical (unpaired) electrons. The number of aromatic amines is 1. The van der Waals surface area contributed by atoms with Crippen LogP contribution in [0.2, 0.25) is 0 Å². The molecule has 0 amide bonds. The summed E-state index contributed by atoms with van der Waals surface area (Å²) in [4.78, 5) is 12.4. The molecule has 3 nitrogen and oxygen atoms in total. The first-order valence-corrected chi connectivity index (χ1v) is 5.25. The number of thiazole rings is 1. The standard InChI is InChI=1S/C8H9N3S2/c1-4(2)7-11-5-6(12)9-3-10-8(5)13-7/h3-4H,1-2H3,(H,9,10,12). The lowest BCUT2D eigenvalue weighted by Gasteiger charge is -1.94. The quantitative estimate of drug-likeness (QED) is 0.737. The van der Waals surface area contributed by atoms with Crippen molar-refractivity contribution in [2.24, 2.45) is 0 Å². The molecule has 0 aliphatic rings. The summed E-state index contributed by atoms with van der Waals surface area (Å²) in [5.74, 6) is 0.439. The van der Waals surface area contributed by atoms with Crippen molar-refractivity contribution in [2.75, 3.05) is 0 Å². The van der Waals surface area contributed by atoms with Crippen LogP contribution in [0.15, 0.2) is 6.33 Å². The van der Waals surface area contributed by atoms with Crippen LogP contribution in [-0.4, -0.2) is 15.0 Å². The van der Waals surface area contributed by atoms with Crippen LogP contribution in [0.5, 0.6) is 0 Å². The van der Waals surface area contributed by atoms with E-state index >= 15 is 0 Å². The second kappa shape index (κ2) is 3.16. The molecule has 68 valence electrons. The van der Waals surface area contributed by atoms with Crippen LogP contribution in [0.4, 0.5) is 0 Å². The molecule has 0 saturated carbocycles. The lowest BCUT2D eigenvalue weighted by molar-refractivity contribution is 0.856. The largest absolute Gasteiger partial charge is 0.336 e. The summed E-state index contributed by atoms with van der Waals surface area (Å²) in [6.45, 7) is 4.23. The van der Waals surface area contributed by atoms with Gasteiger partial charge in [0.2, 0.25) is 0 Å². The number of rotatable bonds is 1. The zero-order valence-corrected chi connectivity index (χ0v) is 9.00. The fourth-order valence-corrected chi connectivity index (χ4v) is 2.21. The Morgan fingerprint density at radius 3 is 2.92 bits per heavy atom. The Kier molecular flexibility index (Phi) is 2.13. The number of hydrogen-bond donors (Lipinski definition) is 1. The van der Waals surface area contributed by atoms with E-state index in [2.05, 4.69) is 28.8 Å². The molecule has 2 aromatic heterocycles. The van der Waals surface area contributed by atoms with Gasteiger partial charge in [0.15, 0.2) is 0 Å². The molecule has 0 aliphatic carbocycles. The smallest absolute Gasteiger partial charge is 0.148 e. The van der Waals surface area contributed by atoms with Gasteiger partial charge in [-0.1, -0.05) is 37.4 Å². The Morgan fingerprint density at radius 2 is 2.31 bits per heavy atom. The molecule has 0 saturated heterocycles. The predicted molar refractivity (Wildman–Crippen MR) is 56.7 cm³/mol. The van der Waals surface area contributed by atoms with E-state index in [0.29, 0.717) is 10.6 Å². The van der Waals surface area contributed by atoms with Gasteiger partial charge in [0, 0.05) is 5.92 Å². The molecule has 1 N–H and O–H groups in total. The number of nitrogens with zero attached hydrogens (tertiary/aromatic N) is 2. The molecule has 0 aliphatic heterocycles. The molecule has 2 heterocycles. The normalized spacial score (nSPS) is 11.3. The van der Waals surface area contributed by atoms with E-state index < -0.39 is 0 Å². The first-order valence-electron chi connectivity index (χ1n) is 4.02. The van der Waals surface area contributed by atoms with Gasteiger partial charge in [-0.2, -0.15) is 0 Å². The summed E-state index contributed by atoms with van der Waals surface area (Å²) in [6.07, 6.45) is 1.62. The third-order valence-corrected chi connectivity index (χ3v) is 3.29. The van der Waals surface area contributed by atoms with E-state index in [4.69, 9.17) is 12.2 Å². The summed E-state index contributed by atoms with van der Waals surface area (Å²) < 4.78 is 0.674. The van der Waals surface area contributed by atoms with Crippen LogP contribution in [-0.2, 0) is 0 Å². The van der Waals surface area contributed by atoms with Gasteiger partial charge in [0.1, 0.15) is 15.0 Å². The maximum absolute atomic E-state index is 5.10. The Morgan fingerprint density at radius 1 is 1.54 bits per heavy atom. The van der Waals surface area contributed by atoms with Gasteiger partial charge >= 0.3 is 0 Å². The van der Waals surface area contributed by atoms with Crippen molar-refractivity contribution < 1.29 is 0 Å². The lowest BCUT2D eigenvalue weighted by atomic mass is 10.2. The molecule has 13 heavy (non-hydrogen) atoms. The van der Waals surface area contributed by atoms with Crippen molar-refractivity contribution in [3.63, 3.8) is 0 Å². The van der Waals surface area contributed by atoms with Gasteiger partial charge in [-0.05, 0) is 0 Å². The van der Waals surface area contributed by atoms with Crippen molar-refractivity contribution in [1.82, 2.24) is 15.0 Å².